The maximum Gasteiger partial charge on any atom is 0.256 e. The summed E-state index contributed by atoms with van der Waals surface area (Å²) in [4.78, 5) is 11.9. The molecule has 1 amide bonds. The molecule has 2 heterocycles. The van der Waals surface area contributed by atoms with Crippen molar-refractivity contribution < 1.29 is 9.32 Å². The molecule has 96 valence electrons. The van der Waals surface area contributed by atoms with E-state index in [4.69, 9.17) is 4.52 Å². The Morgan fingerprint density at radius 2 is 2.35 bits per heavy atom. The molecule has 1 aromatic rings. The van der Waals surface area contributed by atoms with E-state index in [1.165, 1.54) is 6.42 Å². The van der Waals surface area contributed by atoms with Gasteiger partial charge >= 0.3 is 0 Å². The summed E-state index contributed by atoms with van der Waals surface area (Å²) in [5.41, 5.74) is 1.22. The van der Waals surface area contributed by atoms with Crippen molar-refractivity contribution in [2.75, 3.05) is 13.1 Å². The summed E-state index contributed by atoms with van der Waals surface area (Å²) in [5, 5.41) is 10.0. The first-order valence-electron chi connectivity index (χ1n) is 5.63. The van der Waals surface area contributed by atoms with Crippen LogP contribution in [-0.2, 0) is 0 Å². The first-order chi connectivity index (χ1) is 7.68. The molecule has 2 N–H and O–H groups in total. The molecule has 1 unspecified atom stereocenters. The second kappa shape index (κ2) is 6.02. The van der Waals surface area contributed by atoms with Gasteiger partial charge in [-0.1, -0.05) is 5.16 Å². The van der Waals surface area contributed by atoms with Crippen LogP contribution < -0.4 is 10.6 Å². The molecule has 2 rings (SSSR count). The second-order valence-corrected chi connectivity index (χ2v) is 4.20. The number of rotatable bonds is 3. The molecule has 5 nitrogen and oxygen atoms in total. The van der Waals surface area contributed by atoms with E-state index in [1.54, 1.807) is 13.8 Å². The molecular weight excluding hydrogens is 242 g/mol. The quantitative estimate of drug-likeness (QED) is 0.856. The summed E-state index contributed by atoms with van der Waals surface area (Å²) in [7, 11) is 0. The lowest BCUT2D eigenvalue weighted by molar-refractivity contribution is 0.0948. The van der Waals surface area contributed by atoms with Crippen LogP contribution in [0.25, 0.3) is 0 Å². The fraction of sp³-hybridized carbons (Fsp3) is 0.636. The van der Waals surface area contributed by atoms with E-state index < -0.39 is 0 Å². The molecule has 1 aromatic heterocycles. The van der Waals surface area contributed by atoms with Crippen molar-refractivity contribution in [2.45, 2.75) is 32.7 Å². The summed E-state index contributed by atoms with van der Waals surface area (Å²) < 4.78 is 4.96. The van der Waals surface area contributed by atoms with Crippen LogP contribution in [0.1, 0.15) is 34.7 Å². The van der Waals surface area contributed by atoms with E-state index in [0.717, 1.165) is 13.0 Å². The third-order valence-electron chi connectivity index (χ3n) is 2.93. The van der Waals surface area contributed by atoms with Crippen molar-refractivity contribution >= 4 is 18.3 Å². The SMILES string of the molecule is Cc1noc(C)c1C(=O)NCC1CCCN1.Cl. The third kappa shape index (κ3) is 3.20. The fourth-order valence-corrected chi connectivity index (χ4v) is 2.04. The number of nitrogens with one attached hydrogen (secondary N) is 2. The normalized spacial score (nSPS) is 18.8. The van der Waals surface area contributed by atoms with Gasteiger partial charge < -0.3 is 15.2 Å². The van der Waals surface area contributed by atoms with Gasteiger partial charge in [-0.25, -0.2) is 0 Å². The van der Waals surface area contributed by atoms with Crippen LogP contribution in [0.4, 0.5) is 0 Å². The van der Waals surface area contributed by atoms with E-state index in [-0.39, 0.29) is 18.3 Å². The highest BCUT2D eigenvalue weighted by molar-refractivity contribution is 5.96. The van der Waals surface area contributed by atoms with Gasteiger partial charge in [0.15, 0.2) is 0 Å². The molecule has 1 saturated heterocycles. The van der Waals surface area contributed by atoms with Crippen LogP contribution in [0.15, 0.2) is 4.52 Å². The summed E-state index contributed by atoms with van der Waals surface area (Å²) in [6.07, 6.45) is 2.31. The number of hydrogen-bond donors (Lipinski definition) is 2. The number of amides is 1. The molecule has 0 radical (unpaired) electrons. The summed E-state index contributed by atoms with van der Waals surface area (Å²) >= 11 is 0. The molecule has 0 aromatic carbocycles. The Labute approximate surface area is 107 Å². The van der Waals surface area contributed by atoms with Gasteiger partial charge in [0.2, 0.25) is 0 Å². The molecule has 0 spiro atoms. The van der Waals surface area contributed by atoms with E-state index in [0.29, 0.717) is 29.6 Å². The highest BCUT2D eigenvalue weighted by atomic mass is 35.5. The largest absolute Gasteiger partial charge is 0.361 e. The molecular formula is C11H18ClN3O2. The Hall–Kier alpha value is -1.07. The van der Waals surface area contributed by atoms with Gasteiger partial charge in [-0.2, -0.15) is 0 Å². The number of halogens is 1. The van der Waals surface area contributed by atoms with E-state index in [1.807, 2.05) is 0 Å². The molecule has 1 aliphatic rings. The van der Waals surface area contributed by atoms with Crippen LogP contribution in [0.5, 0.6) is 0 Å². The van der Waals surface area contributed by atoms with E-state index >= 15 is 0 Å². The third-order valence-corrected chi connectivity index (χ3v) is 2.93. The fourth-order valence-electron chi connectivity index (χ4n) is 2.04. The monoisotopic (exact) mass is 259 g/mol. The lowest BCUT2D eigenvalue weighted by Gasteiger charge is -2.11. The Morgan fingerprint density at radius 1 is 1.59 bits per heavy atom. The van der Waals surface area contributed by atoms with Gasteiger partial charge in [-0.15, -0.1) is 12.4 Å². The number of aryl methyl sites for hydroxylation is 2. The molecule has 0 bridgehead atoms. The maximum atomic E-state index is 11.9. The van der Waals surface area contributed by atoms with Crippen LogP contribution >= 0.6 is 12.4 Å². The zero-order chi connectivity index (χ0) is 11.5. The lowest BCUT2D eigenvalue weighted by Crippen LogP contribution is -2.37. The zero-order valence-corrected chi connectivity index (χ0v) is 10.9. The Kier molecular flexibility index (Phi) is 4.96. The summed E-state index contributed by atoms with van der Waals surface area (Å²) in [6.45, 7) is 5.25. The van der Waals surface area contributed by atoms with Crippen molar-refractivity contribution in [2.24, 2.45) is 0 Å². The molecule has 6 heteroatoms. The number of carbonyl (C=O) groups is 1. The molecule has 0 saturated carbocycles. The number of carbonyl (C=O) groups excluding carboxylic acids is 1. The molecule has 17 heavy (non-hydrogen) atoms. The van der Waals surface area contributed by atoms with Crippen LogP contribution in [0.3, 0.4) is 0 Å². The van der Waals surface area contributed by atoms with Crippen LogP contribution in [-0.4, -0.2) is 30.2 Å². The molecule has 1 aliphatic heterocycles. The Balaban J connectivity index is 0.00000144. The van der Waals surface area contributed by atoms with Gasteiger partial charge in [-0.3, -0.25) is 4.79 Å². The summed E-state index contributed by atoms with van der Waals surface area (Å²) in [5.74, 6) is 0.485. The number of aromatic nitrogens is 1. The first kappa shape index (κ1) is 14.0. The second-order valence-electron chi connectivity index (χ2n) is 4.20. The van der Waals surface area contributed by atoms with Gasteiger partial charge in [0, 0.05) is 12.6 Å². The highest BCUT2D eigenvalue weighted by Crippen LogP contribution is 2.12. The zero-order valence-electron chi connectivity index (χ0n) is 10.1. The highest BCUT2D eigenvalue weighted by Gasteiger charge is 2.19. The van der Waals surface area contributed by atoms with E-state index in [2.05, 4.69) is 15.8 Å². The van der Waals surface area contributed by atoms with Gasteiger partial charge in [-0.05, 0) is 33.2 Å². The number of hydrogen-bond acceptors (Lipinski definition) is 4. The van der Waals surface area contributed by atoms with Gasteiger partial charge in [0.05, 0.1) is 5.69 Å². The average Bonchev–Trinajstić information content (AvgIpc) is 2.86. The van der Waals surface area contributed by atoms with Crippen molar-refractivity contribution in [3.05, 3.63) is 17.0 Å². The minimum atomic E-state index is -0.0926. The Morgan fingerprint density at radius 3 is 2.88 bits per heavy atom. The van der Waals surface area contributed by atoms with E-state index in [9.17, 15) is 4.79 Å². The smallest absolute Gasteiger partial charge is 0.256 e. The van der Waals surface area contributed by atoms with Crippen molar-refractivity contribution in [3.63, 3.8) is 0 Å². The van der Waals surface area contributed by atoms with Crippen LogP contribution in [0, 0.1) is 13.8 Å². The standard InChI is InChI=1S/C11H17N3O2.ClH/c1-7-10(8(2)16-14-7)11(15)13-6-9-4-3-5-12-9;/h9,12H,3-6H2,1-2H3,(H,13,15);1H. The average molecular weight is 260 g/mol. The molecule has 1 fully saturated rings. The minimum absolute atomic E-state index is 0. The molecule has 0 aliphatic carbocycles. The Bertz CT molecular complexity index is 367. The van der Waals surface area contributed by atoms with Crippen molar-refractivity contribution in [1.82, 2.24) is 15.8 Å². The van der Waals surface area contributed by atoms with Crippen molar-refractivity contribution in [1.29, 1.82) is 0 Å². The number of nitrogens with zero attached hydrogens (tertiary/aromatic N) is 1. The molecule has 1 atom stereocenters. The summed E-state index contributed by atoms with van der Waals surface area (Å²) in [6, 6.07) is 0.407. The van der Waals surface area contributed by atoms with Crippen LogP contribution in [0.2, 0.25) is 0 Å². The van der Waals surface area contributed by atoms with Gasteiger partial charge in [0.25, 0.3) is 5.91 Å². The predicted molar refractivity (Wildman–Crippen MR) is 66.6 cm³/mol. The predicted octanol–water partition coefficient (Wildman–Crippen LogP) is 1.20. The maximum absolute atomic E-state index is 11.9. The lowest BCUT2D eigenvalue weighted by atomic mass is 10.2. The topological polar surface area (TPSA) is 67.2 Å². The minimum Gasteiger partial charge on any atom is -0.361 e. The van der Waals surface area contributed by atoms with Crippen molar-refractivity contribution in [3.8, 4) is 0 Å². The first-order valence-corrected chi connectivity index (χ1v) is 5.63. The van der Waals surface area contributed by atoms with Gasteiger partial charge in [0.1, 0.15) is 11.3 Å².